The van der Waals surface area contributed by atoms with E-state index in [2.05, 4.69) is 10.3 Å². The Bertz CT molecular complexity index is 946. The summed E-state index contributed by atoms with van der Waals surface area (Å²) in [6, 6.07) is 5.88. The van der Waals surface area contributed by atoms with Crippen LogP contribution in [0.2, 0.25) is 0 Å². The maximum absolute atomic E-state index is 12.7. The van der Waals surface area contributed by atoms with E-state index in [0.29, 0.717) is 6.42 Å². The van der Waals surface area contributed by atoms with Crippen molar-refractivity contribution in [1.29, 1.82) is 0 Å². The zero-order valence-corrected chi connectivity index (χ0v) is 15.6. The molecule has 0 bridgehead atoms. The first kappa shape index (κ1) is 17.5. The predicted molar refractivity (Wildman–Crippen MR) is 97.5 cm³/mol. The van der Waals surface area contributed by atoms with Crippen LogP contribution in [0.4, 0.5) is 0 Å². The van der Waals surface area contributed by atoms with Crippen molar-refractivity contribution in [3.05, 3.63) is 30.1 Å². The van der Waals surface area contributed by atoms with Crippen molar-refractivity contribution in [2.24, 2.45) is 0 Å². The smallest absolute Gasteiger partial charge is 0.240 e. The Balaban J connectivity index is 1.60. The highest BCUT2D eigenvalue weighted by atomic mass is 32.2. The van der Waals surface area contributed by atoms with Gasteiger partial charge < -0.3 is 14.6 Å². The van der Waals surface area contributed by atoms with E-state index in [0.717, 1.165) is 36.2 Å². The minimum atomic E-state index is -3.07. The molecule has 2 aliphatic rings. The topological polar surface area (TPSA) is 90.3 Å². The quantitative estimate of drug-likeness (QED) is 0.874. The molecular weight excluding hydrogens is 354 g/mol. The molecule has 1 N–H and O–H groups in total. The highest BCUT2D eigenvalue weighted by Crippen LogP contribution is 2.32. The number of hydrogen-bond acceptors (Lipinski definition) is 5. The van der Waals surface area contributed by atoms with Crippen molar-refractivity contribution in [2.45, 2.75) is 44.4 Å². The van der Waals surface area contributed by atoms with Gasteiger partial charge in [-0.3, -0.25) is 4.79 Å². The van der Waals surface area contributed by atoms with Gasteiger partial charge in [0.15, 0.2) is 9.84 Å². The first-order chi connectivity index (χ1) is 12.4. The van der Waals surface area contributed by atoms with Gasteiger partial charge in [-0.1, -0.05) is 0 Å². The van der Waals surface area contributed by atoms with E-state index in [-0.39, 0.29) is 30.1 Å². The van der Waals surface area contributed by atoms with E-state index < -0.39 is 15.4 Å². The van der Waals surface area contributed by atoms with Crippen LogP contribution < -0.4 is 5.32 Å². The van der Waals surface area contributed by atoms with Crippen LogP contribution in [0.3, 0.4) is 0 Å². The van der Waals surface area contributed by atoms with Gasteiger partial charge in [-0.15, -0.1) is 0 Å². The molecule has 140 valence electrons. The number of pyridine rings is 1. The Morgan fingerprint density at radius 2 is 2.35 bits per heavy atom. The second-order valence-corrected chi connectivity index (χ2v) is 9.71. The summed E-state index contributed by atoms with van der Waals surface area (Å²) >= 11 is 0. The van der Waals surface area contributed by atoms with Crippen molar-refractivity contribution in [3.8, 4) is 0 Å². The summed E-state index contributed by atoms with van der Waals surface area (Å²) in [7, 11) is -3.07. The zero-order valence-electron chi connectivity index (χ0n) is 14.8. The van der Waals surface area contributed by atoms with E-state index in [1.54, 1.807) is 13.1 Å². The van der Waals surface area contributed by atoms with E-state index in [4.69, 9.17) is 4.74 Å². The Kier molecular flexibility index (Phi) is 4.27. The van der Waals surface area contributed by atoms with Crippen LogP contribution in [0.1, 0.15) is 38.0 Å². The van der Waals surface area contributed by atoms with Gasteiger partial charge in [-0.25, -0.2) is 13.4 Å². The lowest BCUT2D eigenvalue weighted by atomic mass is 10.0. The second-order valence-electron chi connectivity index (χ2n) is 7.52. The molecule has 8 heteroatoms. The number of nitrogens with one attached hydrogen (secondary N) is 1. The van der Waals surface area contributed by atoms with Crippen molar-refractivity contribution in [1.82, 2.24) is 14.9 Å². The van der Waals surface area contributed by atoms with E-state index in [1.807, 2.05) is 22.8 Å². The number of carbonyl (C=O) groups is 1. The van der Waals surface area contributed by atoms with Gasteiger partial charge in [0.2, 0.25) is 5.91 Å². The average molecular weight is 377 g/mol. The summed E-state index contributed by atoms with van der Waals surface area (Å²) in [6.45, 7) is 2.62. The molecule has 2 aromatic rings. The van der Waals surface area contributed by atoms with Crippen molar-refractivity contribution in [2.75, 3.05) is 18.1 Å². The molecule has 0 unspecified atom stereocenters. The molecule has 2 aromatic heterocycles. The third-order valence-corrected chi connectivity index (χ3v) is 7.10. The second kappa shape index (κ2) is 6.35. The number of ether oxygens (including phenoxy) is 1. The van der Waals surface area contributed by atoms with Crippen LogP contribution in [-0.2, 0) is 25.9 Å². The first-order valence-electron chi connectivity index (χ1n) is 8.92. The van der Waals surface area contributed by atoms with Gasteiger partial charge in [0.1, 0.15) is 12.2 Å². The summed E-state index contributed by atoms with van der Waals surface area (Å²) in [5, 5.41) is 3.90. The maximum Gasteiger partial charge on any atom is 0.240 e. The largest absolute Gasteiger partial charge is 0.372 e. The monoisotopic (exact) mass is 377 g/mol. The Morgan fingerprint density at radius 1 is 1.50 bits per heavy atom. The number of nitrogens with zero attached hydrogens (tertiary/aromatic N) is 2. The standard InChI is InChI=1S/C18H23N3O4S/c1-18(6-9-26(23,24)12-18)20-16(22)11-21-14(15-5-3-8-25-15)10-13-4-2-7-19-17(13)21/h2,4,7,10,15H,3,5-6,8-9,11-12H2,1H3,(H,20,22)/t15-,18+/m0/s1. The molecule has 7 nitrogen and oxygen atoms in total. The lowest BCUT2D eigenvalue weighted by Crippen LogP contribution is -2.48. The van der Waals surface area contributed by atoms with E-state index >= 15 is 0 Å². The molecule has 2 aliphatic heterocycles. The molecule has 4 rings (SSSR count). The van der Waals surface area contributed by atoms with Gasteiger partial charge in [-0.05, 0) is 44.4 Å². The van der Waals surface area contributed by atoms with Gasteiger partial charge in [0.25, 0.3) is 0 Å². The van der Waals surface area contributed by atoms with Crippen LogP contribution in [0.25, 0.3) is 11.0 Å². The lowest BCUT2D eigenvalue weighted by molar-refractivity contribution is -0.123. The third kappa shape index (κ3) is 3.35. The summed E-state index contributed by atoms with van der Waals surface area (Å²) in [6.07, 6.45) is 4.06. The first-order valence-corrected chi connectivity index (χ1v) is 10.7. The molecule has 26 heavy (non-hydrogen) atoms. The fourth-order valence-corrected chi connectivity index (χ4v) is 6.07. The molecule has 2 atom stereocenters. The maximum atomic E-state index is 12.7. The zero-order chi connectivity index (χ0) is 18.4. The Labute approximate surface area is 152 Å². The Hall–Kier alpha value is -1.93. The van der Waals surface area contributed by atoms with Crippen molar-refractivity contribution < 1.29 is 17.9 Å². The number of aromatic nitrogens is 2. The molecular formula is C18H23N3O4S. The van der Waals surface area contributed by atoms with Crippen molar-refractivity contribution >= 4 is 26.8 Å². The van der Waals surface area contributed by atoms with Gasteiger partial charge in [0.05, 0.1) is 23.1 Å². The SMILES string of the molecule is C[C@@]1(NC(=O)Cn2c([C@@H]3CCCO3)cc3cccnc32)CCS(=O)(=O)C1. The minimum Gasteiger partial charge on any atom is -0.372 e. The summed E-state index contributed by atoms with van der Waals surface area (Å²) < 4.78 is 31.2. The van der Waals surface area contributed by atoms with Crippen LogP contribution in [0.15, 0.2) is 24.4 Å². The minimum absolute atomic E-state index is 0.00495. The number of rotatable bonds is 4. The van der Waals surface area contributed by atoms with Crippen LogP contribution in [0, 0.1) is 0 Å². The normalized spacial score (nSPS) is 27.8. The van der Waals surface area contributed by atoms with Crippen molar-refractivity contribution in [3.63, 3.8) is 0 Å². The fourth-order valence-electron chi connectivity index (χ4n) is 3.98. The number of amides is 1. The molecule has 0 aromatic carbocycles. The molecule has 0 radical (unpaired) electrons. The molecule has 0 saturated carbocycles. The predicted octanol–water partition coefficient (Wildman–Crippen LogP) is 1.58. The third-order valence-electron chi connectivity index (χ3n) is 5.19. The fraction of sp³-hybridized carbons (Fsp3) is 0.556. The average Bonchev–Trinajstić information content (AvgIpc) is 3.26. The van der Waals surface area contributed by atoms with Crippen LogP contribution in [-0.4, -0.2) is 47.5 Å². The van der Waals surface area contributed by atoms with Gasteiger partial charge >= 0.3 is 0 Å². The molecule has 4 heterocycles. The number of carbonyl (C=O) groups excluding carboxylic acids is 1. The van der Waals surface area contributed by atoms with Gasteiger partial charge in [-0.2, -0.15) is 0 Å². The summed E-state index contributed by atoms with van der Waals surface area (Å²) in [5.41, 5.74) is 1.00. The molecule has 2 saturated heterocycles. The van der Waals surface area contributed by atoms with Gasteiger partial charge in [0, 0.05) is 23.9 Å². The molecule has 1 amide bonds. The Morgan fingerprint density at radius 3 is 3.04 bits per heavy atom. The molecule has 0 spiro atoms. The highest BCUT2D eigenvalue weighted by Gasteiger charge is 2.39. The summed E-state index contributed by atoms with van der Waals surface area (Å²) in [4.78, 5) is 17.1. The van der Waals surface area contributed by atoms with Crippen LogP contribution >= 0.6 is 0 Å². The molecule has 0 aliphatic carbocycles. The number of fused-ring (bicyclic) bond motifs is 1. The summed E-state index contributed by atoms with van der Waals surface area (Å²) in [5.74, 6) is -0.0828. The number of hydrogen-bond donors (Lipinski definition) is 1. The van der Waals surface area contributed by atoms with Crippen LogP contribution in [0.5, 0.6) is 0 Å². The number of sulfone groups is 1. The van der Waals surface area contributed by atoms with E-state index in [9.17, 15) is 13.2 Å². The lowest BCUT2D eigenvalue weighted by Gasteiger charge is -2.24. The highest BCUT2D eigenvalue weighted by molar-refractivity contribution is 7.91. The van der Waals surface area contributed by atoms with E-state index in [1.165, 1.54) is 0 Å². The molecule has 2 fully saturated rings.